The van der Waals surface area contributed by atoms with E-state index in [-0.39, 0.29) is 23.4 Å². The third kappa shape index (κ3) is 4.43. The molecule has 4 rings (SSSR count). The monoisotopic (exact) mass is 427 g/mol. The summed E-state index contributed by atoms with van der Waals surface area (Å²) in [6.45, 7) is 3.80. The van der Waals surface area contributed by atoms with Crippen LogP contribution < -0.4 is 16.0 Å². The number of fused-ring (bicyclic) bond motifs is 1. The minimum atomic E-state index is -0.383. The van der Waals surface area contributed by atoms with Gasteiger partial charge in [-0.15, -0.1) is 0 Å². The molecule has 1 aromatic carbocycles. The van der Waals surface area contributed by atoms with Crippen LogP contribution >= 0.6 is 11.9 Å². The van der Waals surface area contributed by atoms with E-state index < -0.39 is 0 Å². The first-order valence-electron chi connectivity index (χ1n) is 10.3. The number of hydrogen-bond donors (Lipinski definition) is 2. The van der Waals surface area contributed by atoms with Crippen LogP contribution in [0.3, 0.4) is 0 Å². The number of pyridine rings is 1. The predicted octanol–water partition coefficient (Wildman–Crippen LogP) is 5.01. The van der Waals surface area contributed by atoms with Crippen LogP contribution in [0.25, 0.3) is 22.2 Å². The van der Waals surface area contributed by atoms with Gasteiger partial charge in [-0.05, 0) is 56.4 Å². The van der Waals surface area contributed by atoms with Crippen LogP contribution in [-0.2, 0) is 0 Å². The minimum Gasteiger partial charge on any atom is -0.368 e. The summed E-state index contributed by atoms with van der Waals surface area (Å²) < 4.78 is 19.4. The third-order valence-corrected chi connectivity index (χ3v) is 6.18. The zero-order chi connectivity index (χ0) is 21.3. The summed E-state index contributed by atoms with van der Waals surface area (Å²) in [7, 11) is 0. The predicted molar refractivity (Wildman–Crippen MR) is 122 cm³/mol. The smallest absolute Gasteiger partial charge is 0.260 e. The van der Waals surface area contributed by atoms with Crippen molar-refractivity contribution in [1.82, 2.24) is 14.5 Å². The Morgan fingerprint density at radius 1 is 1.33 bits per heavy atom. The van der Waals surface area contributed by atoms with Crippen molar-refractivity contribution in [3.63, 3.8) is 0 Å². The molecule has 0 bridgehead atoms. The largest absolute Gasteiger partial charge is 0.368 e. The maximum atomic E-state index is 14.7. The average Bonchev–Trinajstić information content (AvgIpc) is 3.52. The second-order valence-corrected chi connectivity index (χ2v) is 8.97. The lowest BCUT2D eigenvalue weighted by molar-refractivity contribution is 0.596. The van der Waals surface area contributed by atoms with E-state index in [4.69, 9.17) is 5.73 Å². The molecule has 0 spiro atoms. The number of rotatable bonds is 8. The molecular formula is C22H26FN5OS. The van der Waals surface area contributed by atoms with Gasteiger partial charge in [-0.2, -0.15) is 4.98 Å². The van der Waals surface area contributed by atoms with Crippen LogP contribution in [0.15, 0.2) is 35.3 Å². The number of nitrogens with one attached hydrogen (secondary N) is 1. The lowest BCUT2D eigenvalue weighted by Gasteiger charge is -2.16. The summed E-state index contributed by atoms with van der Waals surface area (Å²) in [5.74, 6) is 1.59. The van der Waals surface area contributed by atoms with Crippen molar-refractivity contribution >= 4 is 34.6 Å². The van der Waals surface area contributed by atoms with Gasteiger partial charge in [0.15, 0.2) is 0 Å². The Balaban J connectivity index is 1.60. The molecule has 1 saturated carbocycles. The fourth-order valence-corrected chi connectivity index (χ4v) is 4.30. The second-order valence-electron chi connectivity index (χ2n) is 8.06. The first-order chi connectivity index (χ1) is 14.4. The molecule has 2 heterocycles. The number of halogens is 1. The summed E-state index contributed by atoms with van der Waals surface area (Å²) in [6.07, 6.45) is 6.71. The van der Waals surface area contributed by atoms with Crippen LogP contribution in [0.5, 0.6) is 0 Å². The van der Waals surface area contributed by atoms with Crippen molar-refractivity contribution < 1.29 is 4.39 Å². The minimum absolute atomic E-state index is 0.111. The van der Waals surface area contributed by atoms with E-state index in [1.807, 2.05) is 13.8 Å². The highest BCUT2D eigenvalue weighted by molar-refractivity contribution is 8.00. The Morgan fingerprint density at radius 2 is 2.13 bits per heavy atom. The molecule has 3 aromatic rings. The van der Waals surface area contributed by atoms with Crippen molar-refractivity contribution in [3.05, 3.63) is 46.6 Å². The molecule has 8 heteroatoms. The molecule has 0 aliphatic heterocycles. The Bertz CT molecular complexity index is 1130. The molecule has 30 heavy (non-hydrogen) atoms. The van der Waals surface area contributed by atoms with E-state index in [1.54, 1.807) is 29.0 Å². The van der Waals surface area contributed by atoms with E-state index >= 15 is 0 Å². The molecule has 3 N–H and O–H groups in total. The highest BCUT2D eigenvalue weighted by Gasteiger charge is 2.20. The Kier molecular flexibility index (Phi) is 5.94. The molecule has 0 saturated heterocycles. The van der Waals surface area contributed by atoms with Crippen LogP contribution in [0, 0.1) is 11.7 Å². The van der Waals surface area contributed by atoms with Gasteiger partial charge in [0.1, 0.15) is 11.5 Å². The highest BCUT2D eigenvalue weighted by atomic mass is 32.2. The van der Waals surface area contributed by atoms with E-state index in [9.17, 15) is 9.18 Å². The normalized spacial score (nSPS) is 13.9. The number of anilines is 2. The highest BCUT2D eigenvalue weighted by Crippen LogP contribution is 2.34. The average molecular weight is 428 g/mol. The number of nitrogens with two attached hydrogens (primary N) is 1. The molecule has 1 aliphatic rings. The van der Waals surface area contributed by atoms with Crippen molar-refractivity contribution in [1.29, 1.82) is 0 Å². The molecule has 6 nitrogen and oxygen atoms in total. The van der Waals surface area contributed by atoms with Crippen LogP contribution in [0.4, 0.5) is 16.0 Å². The van der Waals surface area contributed by atoms with E-state index in [0.717, 1.165) is 18.1 Å². The summed E-state index contributed by atoms with van der Waals surface area (Å²) in [6, 6.07) is 6.42. The number of nitrogens with zero attached hydrogens (tertiary/aromatic N) is 3. The van der Waals surface area contributed by atoms with Gasteiger partial charge in [0.05, 0.1) is 5.69 Å². The van der Waals surface area contributed by atoms with Gasteiger partial charge in [0.2, 0.25) is 5.95 Å². The van der Waals surface area contributed by atoms with Crippen LogP contribution in [0.1, 0.15) is 45.6 Å². The first kappa shape index (κ1) is 20.7. The number of aromatic nitrogens is 3. The number of nitrogen functional groups attached to an aromatic ring is 1. The quantitative estimate of drug-likeness (QED) is 0.388. The van der Waals surface area contributed by atoms with Gasteiger partial charge < -0.3 is 10.5 Å². The maximum absolute atomic E-state index is 14.7. The summed E-state index contributed by atoms with van der Waals surface area (Å²) in [5.41, 5.74) is 7.32. The van der Waals surface area contributed by atoms with Crippen LogP contribution in [0.2, 0.25) is 0 Å². The van der Waals surface area contributed by atoms with E-state index in [1.165, 1.54) is 37.3 Å². The molecule has 0 radical (unpaired) electrons. The lowest BCUT2D eigenvalue weighted by Crippen LogP contribution is -2.25. The van der Waals surface area contributed by atoms with E-state index in [2.05, 4.69) is 14.7 Å². The summed E-state index contributed by atoms with van der Waals surface area (Å²) in [5, 5.41) is 0.682. The standard InChI is InChI=1S/C22H26FN5OS/c1-13(2)28-20-16(12-25-22(24)26-20)10-17(21(28)29)15-7-8-19(18(23)11-15)27-30-9-3-4-14-5-6-14/h7-8,10-14,27H,3-6,9H2,1-2H3,(H2,24,25,26). The Labute approximate surface area is 179 Å². The van der Waals surface area contributed by atoms with Gasteiger partial charge in [-0.25, -0.2) is 9.37 Å². The molecule has 1 fully saturated rings. The van der Waals surface area contributed by atoms with Gasteiger partial charge in [0, 0.05) is 28.9 Å². The van der Waals surface area contributed by atoms with Gasteiger partial charge >= 0.3 is 0 Å². The van der Waals surface area contributed by atoms with Gasteiger partial charge in [-0.1, -0.05) is 30.9 Å². The van der Waals surface area contributed by atoms with E-state index in [0.29, 0.717) is 27.8 Å². The van der Waals surface area contributed by atoms with Crippen molar-refractivity contribution in [2.75, 3.05) is 16.2 Å². The third-order valence-electron chi connectivity index (χ3n) is 5.33. The van der Waals surface area contributed by atoms with Crippen molar-refractivity contribution in [2.45, 2.75) is 45.6 Å². The number of benzene rings is 1. The zero-order valence-corrected chi connectivity index (χ0v) is 18.0. The number of hydrogen-bond acceptors (Lipinski definition) is 6. The second kappa shape index (κ2) is 8.63. The van der Waals surface area contributed by atoms with Crippen molar-refractivity contribution in [3.8, 4) is 11.1 Å². The zero-order valence-electron chi connectivity index (χ0n) is 17.2. The topological polar surface area (TPSA) is 85.8 Å². The lowest BCUT2D eigenvalue weighted by atomic mass is 10.0. The SMILES string of the molecule is CC(C)n1c(=O)c(-c2ccc(NSCCCC3CC3)c(F)c2)cc2cnc(N)nc21. The molecule has 2 aromatic heterocycles. The molecule has 0 amide bonds. The molecule has 1 aliphatic carbocycles. The molecule has 0 unspecified atom stereocenters. The van der Waals surface area contributed by atoms with Gasteiger partial charge in [0.25, 0.3) is 5.56 Å². The Hall–Kier alpha value is -2.61. The fourth-order valence-electron chi connectivity index (χ4n) is 3.56. The summed E-state index contributed by atoms with van der Waals surface area (Å²) >= 11 is 1.52. The molecule has 158 valence electrons. The summed E-state index contributed by atoms with van der Waals surface area (Å²) in [4.78, 5) is 21.4. The molecule has 0 atom stereocenters. The van der Waals surface area contributed by atoms with Gasteiger partial charge in [-0.3, -0.25) is 9.36 Å². The molecular weight excluding hydrogens is 401 g/mol. The fraction of sp³-hybridized carbons (Fsp3) is 0.409. The van der Waals surface area contributed by atoms with Crippen LogP contribution in [-0.4, -0.2) is 20.3 Å². The van der Waals surface area contributed by atoms with Crippen molar-refractivity contribution in [2.24, 2.45) is 5.92 Å². The first-order valence-corrected chi connectivity index (χ1v) is 11.3. The maximum Gasteiger partial charge on any atom is 0.260 e. The Morgan fingerprint density at radius 3 is 2.83 bits per heavy atom.